The summed E-state index contributed by atoms with van der Waals surface area (Å²) in [5.74, 6) is 0. The summed E-state index contributed by atoms with van der Waals surface area (Å²) >= 11 is 0. The van der Waals surface area contributed by atoms with Crippen LogP contribution >= 0.6 is 0 Å². The van der Waals surface area contributed by atoms with E-state index in [9.17, 15) is 0 Å². The van der Waals surface area contributed by atoms with E-state index in [2.05, 4.69) is 24.9 Å². The molecule has 1 atom stereocenters. The Morgan fingerprint density at radius 2 is 2.08 bits per heavy atom. The van der Waals surface area contributed by atoms with Gasteiger partial charge < -0.3 is 10.6 Å². The van der Waals surface area contributed by atoms with Crippen molar-refractivity contribution in [2.24, 2.45) is 5.73 Å². The smallest absolute Gasteiger partial charge is 0.102 e. The van der Waals surface area contributed by atoms with E-state index in [-0.39, 0.29) is 0 Å². The molecule has 70 valence electrons. The zero-order valence-corrected chi connectivity index (χ0v) is 8.30. The maximum Gasteiger partial charge on any atom is 0.102 e. The van der Waals surface area contributed by atoms with Crippen LogP contribution in [0, 0.1) is 11.3 Å². The lowest BCUT2D eigenvalue weighted by atomic mass is 10.0. The van der Waals surface area contributed by atoms with Gasteiger partial charge in [0, 0.05) is 6.54 Å². The number of nitriles is 1. The van der Waals surface area contributed by atoms with Gasteiger partial charge in [-0.3, -0.25) is 0 Å². The molecule has 0 aliphatic heterocycles. The van der Waals surface area contributed by atoms with E-state index in [1.54, 1.807) is 6.92 Å². The van der Waals surface area contributed by atoms with Crippen molar-refractivity contribution in [3.8, 4) is 6.07 Å². The second-order valence-corrected chi connectivity index (χ2v) is 3.58. The molecule has 0 saturated carbocycles. The molecule has 0 aliphatic rings. The first-order valence-corrected chi connectivity index (χ1v) is 4.40. The van der Waals surface area contributed by atoms with Crippen LogP contribution in [0.4, 0.5) is 0 Å². The summed E-state index contributed by atoms with van der Waals surface area (Å²) in [6.45, 7) is 5.88. The van der Waals surface area contributed by atoms with Crippen molar-refractivity contribution in [3.63, 3.8) is 0 Å². The molecule has 0 spiro atoms. The lowest BCUT2D eigenvalue weighted by molar-refractivity contribution is 0.308. The molecular weight excluding hydrogens is 150 g/mol. The van der Waals surface area contributed by atoms with E-state index in [0.29, 0.717) is 0 Å². The van der Waals surface area contributed by atoms with Crippen molar-refractivity contribution in [3.05, 3.63) is 0 Å². The van der Waals surface area contributed by atoms with E-state index >= 15 is 0 Å². The molecule has 0 amide bonds. The van der Waals surface area contributed by atoms with E-state index in [4.69, 9.17) is 11.0 Å². The van der Waals surface area contributed by atoms with E-state index in [1.807, 2.05) is 0 Å². The number of rotatable bonds is 5. The Balaban J connectivity index is 3.62. The van der Waals surface area contributed by atoms with Gasteiger partial charge in [0.15, 0.2) is 0 Å². The molecule has 0 aromatic rings. The van der Waals surface area contributed by atoms with Gasteiger partial charge in [0.2, 0.25) is 0 Å². The third-order valence-electron chi connectivity index (χ3n) is 1.87. The molecule has 0 aromatic carbocycles. The quantitative estimate of drug-likeness (QED) is 0.667. The highest BCUT2D eigenvalue weighted by atomic mass is 15.1. The summed E-state index contributed by atoms with van der Waals surface area (Å²) in [5, 5.41) is 8.64. The predicted molar refractivity (Wildman–Crippen MR) is 50.6 cm³/mol. The highest BCUT2D eigenvalue weighted by molar-refractivity contribution is 5.00. The minimum Gasteiger partial charge on any atom is -0.314 e. The highest BCUT2D eigenvalue weighted by Crippen LogP contribution is 2.04. The van der Waals surface area contributed by atoms with Crippen molar-refractivity contribution in [1.82, 2.24) is 4.90 Å². The molecule has 0 aliphatic carbocycles. The first-order valence-electron chi connectivity index (χ1n) is 4.40. The summed E-state index contributed by atoms with van der Waals surface area (Å²) in [6, 6.07) is 2.09. The molecule has 3 nitrogen and oxygen atoms in total. The second kappa shape index (κ2) is 5.13. The summed E-state index contributed by atoms with van der Waals surface area (Å²) in [7, 11) is 2.05. The molecule has 12 heavy (non-hydrogen) atoms. The van der Waals surface area contributed by atoms with Crippen LogP contribution in [0.3, 0.4) is 0 Å². The van der Waals surface area contributed by atoms with E-state index < -0.39 is 5.54 Å². The van der Waals surface area contributed by atoms with Gasteiger partial charge in [0.1, 0.15) is 5.54 Å². The Morgan fingerprint density at radius 3 is 2.50 bits per heavy atom. The van der Waals surface area contributed by atoms with Gasteiger partial charge in [0.25, 0.3) is 0 Å². The molecule has 0 aromatic heterocycles. The molecule has 3 heteroatoms. The molecule has 1 unspecified atom stereocenters. The Bertz CT molecular complexity index is 158. The van der Waals surface area contributed by atoms with Gasteiger partial charge in [-0.05, 0) is 33.4 Å². The average molecular weight is 169 g/mol. The van der Waals surface area contributed by atoms with Crippen LogP contribution in [0.1, 0.15) is 26.7 Å². The van der Waals surface area contributed by atoms with Crippen molar-refractivity contribution in [2.45, 2.75) is 32.2 Å². The lowest BCUT2D eigenvalue weighted by Gasteiger charge is -2.20. The first kappa shape index (κ1) is 11.4. The number of nitrogens with two attached hydrogens (primary N) is 1. The molecule has 0 bridgehead atoms. The van der Waals surface area contributed by atoms with Crippen LogP contribution in [-0.4, -0.2) is 30.6 Å². The standard InChI is InChI=1S/C9H19N3/c1-4-6-12(3)7-5-9(2,11)8-10/h4-7,11H2,1-3H3. The van der Waals surface area contributed by atoms with Gasteiger partial charge in [-0.25, -0.2) is 0 Å². The van der Waals surface area contributed by atoms with Crippen molar-refractivity contribution in [2.75, 3.05) is 20.1 Å². The minimum absolute atomic E-state index is 0.665. The number of nitrogens with zero attached hydrogens (tertiary/aromatic N) is 2. The normalized spacial score (nSPS) is 15.7. The zero-order valence-electron chi connectivity index (χ0n) is 8.30. The van der Waals surface area contributed by atoms with Gasteiger partial charge in [-0.2, -0.15) is 5.26 Å². The molecule has 0 radical (unpaired) electrons. The van der Waals surface area contributed by atoms with Crippen LogP contribution in [0.15, 0.2) is 0 Å². The Labute approximate surface area is 75.2 Å². The van der Waals surface area contributed by atoms with Gasteiger partial charge in [0.05, 0.1) is 6.07 Å². The fraction of sp³-hybridized carbons (Fsp3) is 0.889. The van der Waals surface area contributed by atoms with Crippen LogP contribution in [0.25, 0.3) is 0 Å². The fourth-order valence-corrected chi connectivity index (χ4v) is 0.973. The topological polar surface area (TPSA) is 53.0 Å². The van der Waals surface area contributed by atoms with Crippen molar-refractivity contribution >= 4 is 0 Å². The largest absolute Gasteiger partial charge is 0.314 e. The van der Waals surface area contributed by atoms with Gasteiger partial charge >= 0.3 is 0 Å². The summed E-state index contributed by atoms with van der Waals surface area (Å²) < 4.78 is 0. The fourth-order valence-electron chi connectivity index (χ4n) is 0.973. The maximum atomic E-state index is 8.64. The Kier molecular flexibility index (Phi) is 4.87. The summed E-state index contributed by atoms with van der Waals surface area (Å²) in [6.07, 6.45) is 1.88. The summed E-state index contributed by atoms with van der Waals surface area (Å²) in [4.78, 5) is 2.20. The zero-order chi connectivity index (χ0) is 9.61. The third kappa shape index (κ3) is 5.11. The van der Waals surface area contributed by atoms with E-state index in [1.165, 1.54) is 0 Å². The predicted octanol–water partition coefficient (Wildman–Crippen LogP) is 0.959. The molecular formula is C9H19N3. The molecule has 0 rings (SSSR count). The van der Waals surface area contributed by atoms with Crippen LogP contribution in [0.2, 0.25) is 0 Å². The molecule has 2 N–H and O–H groups in total. The van der Waals surface area contributed by atoms with E-state index in [0.717, 1.165) is 25.9 Å². The van der Waals surface area contributed by atoms with Crippen molar-refractivity contribution in [1.29, 1.82) is 5.26 Å². The Morgan fingerprint density at radius 1 is 1.50 bits per heavy atom. The lowest BCUT2D eigenvalue weighted by Crippen LogP contribution is -2.38. The summed E-state index contributed by atoms with van der Waals surface area (Å²) in [5.41, 5.74) is 5.01. The Hall–Kier alpha value is -0.590. The first-order chi connectivity index (χ1) is 5.52. The monoisotopic (exact) mass is 169 g/mol. The number of hydrogen-bond acceptors (Lipinski definition) is 3. The molecule has 0 heterocycles. The number of hydrogen-bond donors (Lipinski definition) is 1. The van der Waals surface area contributed by atoms with Crippen molar-refractivity contribution < 1.29 is 0 Å². The SMILES string of the molecule is CCCN(C)CCC(C)(N)C#N. The second-order valence-electron chi connectivity index (χ2n) is 3.58. The maximum absolute atomic E-state index is 8.64. The third-order valence-corrected chi connectivity index (χ3v) is 1.87. The molecule has 0 saturated heterocycles. The van der Waals surface area contributed by atoms with Crippen LogP contribution < -0.4 is 5.73 Å². The van der Waals surface area contributed by atoms with Crippen LogP contribution in [-0.2, 0) is 0 Å². The van der Waals surface area contributed by atoms with Gasteiger partial charge in [-0.15, -0.1) is 0 Å². The highest BCUT2D eigenvalue weighted by Gasteiger charge is 2.16. The minimum atomic E-state index is -0.665. The van der Waals surface area contributed by atoms with Gasteiger partial charge in [-0.1, -0.05) is 6.92 Å². The molecule has 0 fully saturated rings. The van der Waals surface area contributed by atoms with Crippen LogP contribution in [0.5, 0.6) is 0 Å². The average Bonchev–Trinajstić information content (AvgIpc) is 2.02.